The number of rotatable bonds is 6. The second kappa shape index (κ2) is 15.5. The molecular weight excluding hydrogens is 817 g/mol. The average Bonchev–Trinajstić information content (AvgIpc) is 3.53. The van der Waals surface area contributed by atoms with Crippen LogP contribution in [0.5, 0.6) is 0 Å². The maximum absolute atomic E-state index is 8.61. The van der Waals surface area contributed by atoms with Crippen LogP contribution >= 0.6 is 0 Å². The minimum absolute atomic E-state index is 0. The fourth-order valence-corrected chi connectivity index (χ4v) is 7.87. The fraction of sp³-hybridized carbons (Fsp3) is 0.130. The molecule has 8 aromatic rings. The van der Waals surface area contributed by atoms with E-state index in [-0.39, 0.29) is 20.1 Å². The van der Waals surface area contributed by atoms with E-state index >= 15 is 0 Å². The molecule has 0 bridgehead atoms. The third-order valence-corrected chi connectivity index (χ3v) is 10.9. The first-order chi connectivity index (χ1) is 24.6. The number of furan rings is 1. The summed E-state index contributed by atoms with van der Waals surface area (Å²) >= 11 is 0. The second-order valence-corrected chi connectivity index (χ2v) is 18.8. The molecule has 1 radical (unpaired) electrons. The normalized spacial score (nSPS) is 11.7. The minimum Gasteiger partial charge on any atom is -0.501 e. The fourth-order valence-electron chi connectivity index (χ4n) is 6.29. The Bertz CT molecular complexity index is 2430. The number of fused-ring (bicyclic) bond motifs is 3. The van der Waals surface area contributed by atoms with Crippen LogP contribution in [0.15, 0.2) is 150 Å². The van der Waals surface area contributed by atoms with Gasteiger partial charge in [0.2, 0.25) is 0 Å². The van der Waals surface area contributed by atoms with Gasteiger partial charge in [0, 0.05) is 39.3 Å². The third kappa shape index (κ3) is 7.87. The van der Waals surface area contributed by atoms with Gasteiger partial charge in [0.15, 0.2) is 0 Å². The number of aromatic nitrogens is 2. The Hall–Kier alpha value is -4.93. The van der Waals surface area contributed by atoms with Gasteiger partial charge < -0.3 is 14.4 Å². The molecule has 3 heterocycles. The number of pyridine rings is 2. The van der Waals surface area contributed by atoms with Crippen molar-refractivity contribution < 1.29 is 25.9 Å². The largest absolute Gasteiger partial charge is 0.501 e. The summed E-state index contributed by atoms with van der Waals surface area (Å²) in [6, 6.07) is 51.8. The first-order valence-electron chi connectivity index (χ1n) is 17.5. The van der Waals surface area contributed by atoms with Crippen LogP contribution in [0.2, 0.25) is 19.6 Å². The van der Waals surface area contributed by atoms with Crippen molar-refractivity contribution in [1.82, 2.24) is 9.97 Å². The quantitative estimate of drug-likeness (QED) is 0.124. The van der Waals surface area contributed by atoms with Gasteiger partial charge >= 0.3 is 0 Å². The van der Waals surface area contributed by atoms with Gasteiger partial charge in [-0.25, -0.2) is 0 Å². The molecule has 3 aromatic heterocycles. The summed E-state index contributed by atoms with van der Waals surface area (Å²) in [5, 5.41) is 3.47. The molecule has 0 aliphatic heterocycles. The molecule has 0 aliphatic carbocycles. The van der Waals surface area contributed by atoms with Crippen LogP contribution in [-0.4, -0.2) is 18.0 Å². The van der Waals surface area contributed by atoms with E-state index in [1.807, 2.05) is 86.8 Å². The van der Waals surface area contributed by atoms with E-state index in [1.165, 1.54) is 16.3 Å². The molecule has 0 saturated heterocycles. The van der Waals surface area contributed by atoms with Crippen LogP contribution in [-0.2, 0) is 20.1 Å². The van der Waals surface area contributed by atoms with Crippen molar-refractivity contribution in [3.63, 3.8) is 0 Å². The van der Waals surface area contributed by atoms with Crippen LogP contribution in [0, 0.1) is 12.1 Å². The van der Waals surface area contributed by atoms with Crippen LogP contribution in [0.4, 0.5) is 0 Å². The minimum atomic E-state index is -1.57. The van der Waals surface area contributed by atoms with Crippen LogP contribution in [0.3, 0.4) is 0 Å². The summed E-state index contributed by atoms with van der Waals surface area (Å²) in [6.45, 7) is 10.8. The molecule has 0 atom stereocenters. The second-order valence-electron chi connectivity index (χ2n) is 13.7. The van der Waals surface area contributed by atoms with Gasteiger partial charge in [-0.2, -0.15) is 0 Å². The Balaban J connectivity index is 0.000000175. The summed E-state index contributed by atoms with van der Waals surface area (Å²) in [4.78, 5) is 9.19. The number of hydrogen-bond donors (Lipinski definition) is 0. The van der Waals surface area contributed by atoms with Crippen molar-refractivity contribution in [2.24, 2.45) is 0 Å². The molecule has 8 rings (SSSR count). The zero-order chi connectivity index (χ0) is 35.6. The Kier molecular flexibility index (Phi) is 10.5. The first-order valence-corrected chi connectivity index (χ1v) is 20.5. The maximum Gasteiger partial charge on any atom is 0.121 e. The standard InChI is InChI=1S/C23H14NO.C23H26NSi.Ir/c1-2-7-16(8-3-1)17-12-13-18-19-9-6-10-20(21-11-4-5-14-24-21)23(19)25-22(18)15-17;1-17(2)21-15-22(24-16-23(21)25(3,4)5)20-13-9-12-19(14-20)18-10-7-6-8-11-18;/h1-9,11-15H;6-12,14-17H,1-5H3;/q2*-1;/i;17D;. The molecule has 255 valence electrons. The Labute approximate surface area is 317 Å². The van der Waals surface area contributed by atoms with Crippen molar-refractivity contribution >= 4 is 35.2 Å². The predicted molar refractivity (Wildman–Crippen MR) is 212 cm³/mol. The van der Waals surface area contributed by atoms with E-state index in [0.717, 1.165) is 61.1 Å². The van der Waals surface area contributed by atoms with E-state index < -0.39 is 14.0 Å². The molecule has 0 fully saturated rings. The molecule has 0 saturated carbocycles. The monoisotopic (exact) mass is 858 g/mol. The van der Waals surface area contributed by atoms with Crippen molar-refractivity contribution in [3.05, 3.63) is 164 Å². The van der Waals surface area contributed by atoms with Crippen molar-refractivity contribution in [1.29, 1.82) is 0 Å². The van der Waals surface area contributed by atoms with Gasteiger partial charge in [-0.1, -0.05) is 141 Å². The Morgan fingerprint density at radius 1 is 0.647 bits per heavy atom. The van der Waals surface area contributed by atoms with Gasteiger partial charge in [-0.05, 0) is 51.3 Å². The summed E-state index contributed by atoms with van der Waals surface area (Å²) in [7, 11) is -1.57. The zero-order valence-electron chi connectivity index (χ0n) is 30.5. The van der Waals surface area contributed by atoms with Gasteiger partial charge in [0.1, 0.15) is 5.58 Å². The van der Waals surface area contributed by atoms with E-state index in [4.69, 9.17) is 10.8 Å². The summed E-state index contributed by atoms with van der Waals surface area (Å²) < 4.78 is 14.8. The molecule has 0 spiro atoms. The summed E-state index contributed by atoms with van der Waals surface area (Å²) in [5.41, 5.74) is 11.1. The Morgan fingerprint density at radius 2 is 1.31 bits per heavy atom. The molecular formula is C46H40IrN2OSi-2. The van der Waals surface area contributed by atoms with E-state index in [2.05, 4.69) is 103 Å². The average molecular weight is 858 g/mol. The van der Waals surface area contributed by atoms with Gasteiger partial charge in [-0.3, -0.25) is 0 Å². The smallest absolute Gasteiger partial charge is 0.121 e. The molecule has 0 N–H and O–H groups in total. The third-order valence-electron chi connectivity index (χ3n) is 8.90. The van der Waals surface area contributed by atoms with Gasteiger partial charge in [-0.15, -0.1) is 53.6 Å². The van der Waals surface area contributed by atoms with Crippen LogP contribution in [0.1, 0.15) is 26.7 Å². The molecule has 0 amide bonds. The summed E-state index contributed by atoms with van der Waals surface area (Å²) in [5.74, 6) is -0.648. The predicted octanol–water partition coefficient (Wildman–Crippen LogP) is 12.0. The zero-order valence-corrected chi connectivity index (χ0v) is 32.9. The molecule has 5 heteroatoms. The SMILES string of the molecule is [2H]C(C)(C)c1cc(-c2[c-]ccc(-c3ccccc3)c2)ncc1[Si](C)(C)C.[Ir].[c-]1ccc2c(oc3cc(-c4ccccc4)ccc32)c1-c1ccccn1. The van der Waals surface area contributed by atoms with E-state index in [9.17, 15) is 0 Å². The van der Waals surface area contributed by atoms with Gasteiger partial charge in [0.05, 0.1) is 13.7 Å². The van der Waals surface area contributed by atoms with Gasteiger partial charge in [0.25, 0.3) is 0 Å². The maximum atomic E-state index is 8.61. The van der Waals surface area contributed by atoms with Crippen LogP contribution in [0.25, 0.3) is 66.7 Å². The van der Waals surface area contributed by atoms with Crippen LogP contribution < -0.4 is 5.19 Å². The molecule has 3 nitrogen and oxygen atoms in total. The topological polar surface area (TPSA) is 38.9 Å². The molecule has 0 unspecified atom stereocenters. The van der Waals surface area contributed by atoms with Crippen molar-refractivity contribution in [3.8, 4) is 44.8 Å². The molecule has 5 aromatic carbocycles. The van der Waals surface area contributed by atoms with E-state index in [1.54, 1.807) is 6.20 Å². The first kappa shape index (κ1) is 34.5. The van der Waals surface area contributed by atoms with Crippen molar-refractivity contribution in [2.75, 3.05) is 0 Å². The van der Waals surface area contributed by atoms with Crippen molar-refractivity contribution in [2.45, 2.75) is 39.4 Å². The number of nitrogens with zero attached hydrogens (tertiary/aromatic N) is 2. The number of hydrogen-bond acceptors (Lipinski definition) is 3. The molecule has 51 heavy (non-hydrogen) atoms. The Morgan fingerprint density at radius 3 is 1.96 bits per heavy atom. The number of benzene rings is 5. The summed E-state index contributed by atoms with van der Waals surface area (Å²) in [6.07, 6.45) is 3.79. The molecule has 0 aliphatic rings. The van der Waals surface area contributed by atoms with E-state index in [0.29, 0.717) is 0 Å².